The Morgan fingerprint density at radius 3 is 2.87 bits per heavy atom. The van der Waals surface area contributed by atoms with Crippen LogP contribution in [0.2, 0.25) is 0 Å². The minimum Gasteiger partial charge on any atom is -0.373 e. The first-order chi connectivity index (χ1) is 11.1. The topological polar surface area (TPSA) is 71.0 Å². The van der Waals surface area contributed by atoms with Crippen molar-refractivity contribution in [2.45, 2.75) is 25.4 Å². The number of amides is 2. The smallest absolute Gasteiger partial charge is 0.267 e. The third-order valence-corrected chi connectivity index (χ3v) is 4.34. The lowest BCUT2D eigenvalue weighted by Crippen LogP contribution is -2.39. The molecule has 0 unspecified atom stereocenters. The van der Waals surface area contributed by atoms with Gasteiger partial charge in [0.25, 0.3) is 5.91 Å². The molecule has 122 valence electrons. The molecule has 1 saturated heterocycles. The van der Waals surface area contributed by atoms with Crippen LogP contribution in [0.3, 0.4) is 0 Å². The molecule has 0 radical (unpaired) electrons. The van der Waals surface area contributed by atoms with Crippen LogP contribution >= 0.6 is 0 Å². The maximum absolute atomic E-state index is 12.2. The molecule has 2 amide bonds. The van der Waals surface area contributed by atoms with Gasteiger partial charge in [-0.05, 0) is 12.0 Å². The molecule has 1 N–H and O–H groups in total. The van der Waals surface area contributed by atoms with Crippen molar-refractivity contribution in [1.29, 1.82) is 0 Å². The monoisotopic (exact) mass is 315 g/mol. The van der Waals surface area contributed by atoms with E-state index in [9.17, 15) is 9.59 Å². The molecule has 23 heavy (non-hydrogen) atoms. The lowest BCUT2D eigenvalue weighted by molar-refractivity contribution is -0.130. The predicted octanol–water partition coefficient (Wildman–Crippen LogP) is 1.49. The summed E-state index contributed by atoms with van der Waals surface area (Å²) in [4.78, 5) is 23.6. The molecule has 0 aromatic heterocycles. The normalized spacial score (nSPS) is 24.5. The maximum Gasteiger partial charge on any atom is 0.267 e. The highest BCUT2D eigenvalue weighted by Gasteiger charge is 2.30. The largest absolute Gasteiger partial charge is 0.373 e. The third kappa shape index (κ3) is 3.59. The van der Waals surface area contributed by atoms with Gasteiger partial charge in [-0.25, -0.2) is 5.01 Å². The number of nitrogens with zero attached hydrogens (tertiary/aromatic N) is 2. The molecule has 2 aliphatic rings. The summed E-state index contributed by atoms with van der Waals surface area (Å²) in [6, 6.07) is 10.1. The second-order valence-corrected chi connectivity index (χ2v) is 5.92. The Balaban J connectivity index is 1.58. The summed E-state index contributed by atoms with van der Waals surface area (Å²) in [5.74, 6) is 0.00264. The Hall–Kier alpha value is -2.21. The Morgan fingerprint density at radius 2 is 2.13 bits per heavy atom. The van der Waals surface area contributed by atoms with Crippen molar-refractivity contribution < 1.29 is 14.3 Å². The molecule has 6 nitrogen and oxygen atoms in total. The molecule has 0 spiro atoms. The number of carbonyl (C=O) groups is 2. The standard InChI is InChI=1S/C17H21N3O3/c1-20-15(21)8-7-14(19-20)17(22)18-11-13-9-10-23-16(13)12-5-3-2-4-6-12/h2-6,13,16H,7-11H2,1H3,(H,18,22)/t13-,16-/m0/s1. The first-order valence-corrected chi connectivity index (χ1v) is 7.94. The van der Waals surface area contributed by atoms with Crippen molar-refractivity contribution in [3.8, 4) is 0 Å². The Morgan fingerprint density at radius 1 is 1.35 bits per heavy atom. The lowest BCUT2D eigenvalue weighted by Gasteiger charge is -2.21. The number of nitrogens with one attached hydrogen (secondary N) is 1. The van der Waals surface area contributed by atoms with Gasteiger partial charge in [-0.3, -0.25) is 9.59 Å². The van der Waals surface area contributed by atoms with Crippen molar-refractivity contribution in [3.05, 3.63) is 35.9 Å². The second kappa shape index (κ2) is 6.91. The summed E-state index contributed by atoms with van der Waals surface area (Å²) in [5.41, 5.74) is 1.56. The van der Waals surface area contributed by atoms with E-state index in [-0.39, 0.29) is 23.8 Å². The van der Waals surface area contributed by atoms with Gasteiger partial charge in [0, 0.05) is 39.0 Å². The highest BCUT2D eigenvalue weighted by molar-refractivity contribution is 6.39. The quantitative estimate of drug-likeness (QED) is 0.915. The number of benzene rings is 1. The number of ether oxygens (including phenoxy) is 1. The van der Waals surface area contributed by atoms with Gasteiger partial charge in [0.2, 0.25) is 5.91 Å². The molecule has 0 bridgehead atoms. The van der Waals surface area contributed by atoms with Crippen molar-refractivity contribution in [2.75, 3.05) is 20.2 Å². The first-order valence-electron chi connectivity index (χ1n) is 7.94. The van der Waals surface area contributed by atoms with E-state index in [1.165, 1.54) is 5.01 Å². The zero-order chi connectivity index (χ0) is 16.2. The van der Waals surface area contributed by atoms with Crippen molar-refractivity contribution in [2.24, 2.45) is 11.0 Å². The van der Waals surface area contributed by atoms with Crippen LogP contribution in [-0.4, -0.2) is 42.7 Å². The number of hydrogen-bond acceptors (Lipinski definition) is 4. The Labute approximate surface area is 135 Å². The van der Waals surface area contributed by atoms with E-state index in [1.807, 2.05) is 18.2 Å². The average molecular weight is 315 g/mol. The van der Waals surface area contributed by atoms with Gasteiger partial charge < -0.3 is 10.1 Å². The van der Waals surface area contributed by atoms with Crippen molar-refractivity contribution >= 4 is 17.5 Å². The maximum atomic E-state index is 12.2. The van der Waals surface area contributed by atoms with E-state index in [1.54, 1.807) is 7.05 Å². The molecule has 6 heteroatoms. The molecule has 2 atom stereocenters. The van der Waals surface area contributed by atoms with Crippen molar-refractivity contribution in [1.82, 2.24) is 10.3 Å². The van der Waals surface area contributed by atoms with Gasteiger partial charge in [-0.1, -0.05) is 30.3 Å². The third-order valence-electron chi connectivity index (χ3n) is 4.34. The fraction of sp³-hybridized carbons (Fsp3) is 0.471. The molecule has 1 aromatic rings. The minimum absolute atomic E-state index is 0.0223. The van der Waals surface area contributed by atoms with Gasteiger partial charge >= 0.3 is 0 Å². The van der Waals surface area contributed by atoms with E-state index in [0.717, 1.165) is 12.0 Å². The molecule has 2 heterocycles. The van der Waals surface area contributed by atoms with Gasteiger partial charge in [0.1, 0.15) is 5.71 Å². The SMILES string of the molecule is CN1N=C(C(=O)NC[C@@H]2CCO[C@H]2c2ccccc2)CCC1=O. The van der Waals surface area contributed by atoms with Gasteiger partial charge in [-0.2, -0.15) is 5.10 Å². The highest BCUT2D eigenvalue weighted by atomic mass is 16.5. The molecular formula is C17H21N3O3. The molecule has 2 aliphatic heterocycles. The number of carbonyl (C=O) groups excluding carboxylic acids is 2. The highest BCUT2D eigenvalue weighted by Crippen LogP contribution is 2.33. The molecule has 1 aromatic carbocycles. The predicted molar refractivity (Wildman–Crippen MR) is 85.7 cm³/mol. The number of hydrazone groups is 1. The molecule has 3 rings (SSSR count). The lowest BCUT2D eigenvalue weighted by atomic mass is 9.95. The summed E-state index contributed by atoms with van der Waals surface area (Å²) in [6.45, 7) is 1.26. The summed E-state index contributed by atoms with van der Waals surface area (Å²) in [6.07, 6.45) is 1.68. The zero-order valence-corrected chi connectivity index (χ0v) is 13.2. The molecule has 0 aliphatic carbocycles. The number of rotatable bonds is 4. The molecule has 0 saturated carbocycles. The molecular weight excluding hydrogens is 294 g/mol. The fourth-order valence-electron chi connectivity index (χ4n) is 3.01. The van der Waals surface area contributed by atoms with Gasteiger partial charge in [-0.15, -0.1) is 0 Å². The van der Waals surface area contributed by atoms with Crippen molar-refractivity contribution in [3.63, 3.8) is 0 Å². The number of hydrogen-bond donors (Lipinski definition) is 1. The summed E-state index contributed by atoms with van der Waals surface area (Å²) in [5, 5.41) is 8.22. The van der Waals surface area contributed by atoms with E-state index in [4.69, 9.17) is 4.74 Å². The van der Waals surface area contributed by atoms with E-state index >= 15 is 0 Å². The van der Waals surface area contributed by atoms with Crippen LogP contribution in [0, 0.1) is 5.92 Å². The second-order valence-electron chi connectivity index (χ2n) is 5.92. The van der Waals surface area contributed by atoms with Gasteiger partial charge in [0.15, 0.2) is 0 Å². The van der Waals surface area contributed by atoms with Gasteiger partial charge in [0.05, 0.1) is 6.10 Å². The Kier molecular flexibility index (Phi) is 4.71. The van der Waals surface area contributed by atoms with Crippen LogP contribution in [-0.2, 0) is 14.3 Å². The van der Waals surface area contributed by atoms with Crippen LogP contribution < -0.4 is 5.32 Å². The van der Waals surface area contributed by atoms with Crippen LogP contribution in [0.1, 0.15) is 30.9 Å². The fourth-order valence-corrected chi connectivity index (χ4v) is 3.01. The Bertz CT molecular complexity index is 615. The van der Waals surface area contributed by atoms with E-state index in [2.05, 4.69) is 22.6 Å². The zero-order valence-electron chi connectivity index (χ0n) is 13.2. The summed E-state index contributed by atoms with van der Waals surface area (Å²) >= 11 is 0. The molecule has 1 fully saturated rings. The first kappa shape index (κ1) is 15.7. The summed E-state index contributed by atoms with van der Waals surface area (Å²) in [7, 11) is 1.57. The summed E-state index contributed by atoms with van der Waals surface area (Å²) < 4.78 is 5.83. The average Bonchev–Trinajstić information content (AvgIpc) is 3.04. The van der Waals surface area contributed by atoms with Crippen LogP contribution in [0.15, 0.2) is 35.4 Å². The van der Waals surface area contributed by atoms with E-state index < -0.39 is 0 Å². The van der Waals surface area contributed by atoms with E-state index in [0.29, 0.717) is 31.7 Å². The van der Waals surface area contributed by atoms with Crippen LogP contribution in [0.4, 0.5) is 0 Å². The minimum atomic E-state index is -0.192. The van der Waals surface area contributed by atoms with Crippen LogP contribution in [0.5, 0.6) is 0 Å². The van der Waals surface area contributed by atoms with Crippen LogP contribution in [0.25, 0.3) is 0 Å².